The number of carbonyl (C=O) groups excluding carboxylic acids is 2. The number of nitrogens with zero attached hydrogens (tertiary/aromatic N) is 2. The lowest BCUT2D eigenvalue weighted by molar-refractivity contribution is -0.120. The minimum absolute atomic E-state index is 0.0249. The van der Waals surface area contributed by atoms with E-state index >= 15 is 0 Å². The molecular formula is C12H13N5O2. The first kappa shape index (κ1) is 11.5. The Morgan fingerprint density at radius 1 is 1.42 bits per heavy atom. The zero-order chi connectivity index (χ0) is 13.4. The third-order valence-corrected chi connectivity index (χ3v) is 3.30. The minimum Gasteiger partial charge on any atom is -0.325 e. The second kappa shape index (κ2) is 4.27. The lowest BCUT2D eigenvalue weighted by Crippen LogP contribution is -2.36. The van der Waals surface area contributed by atoms with E-state index in [2.05, 4.69) is 15.7 Å². The molecule has 3 rings (SSSR count). The lowest BCUT2D eigenvalue weighted by atomic mass is 9.89. The number of carbonyl (C=O) groups is 2. The number of hydrogen-bond acceptors (Lipinski definition) is 4. The highest BCUT2D eigenvalue weighted by Crippen LogP contribution is 2.26. The largest absolute Gasteiger partial charge is 0.325 e. The van der Waals surface area contributed by atoms with E-state index in [0.717, 1.165) is 11.1 Å². The zero-order valence-electron chi connectivity index (χ0n) is 10.0. The number of nitrogens with two attached hydrogens (primary N) is 1. The van der Waals surface area contributed by atoms with Crippen molar-refractivity contribution in [3.8, 4) is 0 Å². The van der Waals surface area contributed by atoms with Gasteiger partial charge in [0, 0.05) is 11.5 Å². The van der Waals surface area contributed by atoms with Gasteiger partial charge in [-0.1, -0.05) is 18.2 Å². The van der Waals surface area contributed by atoms with E-state index in [1.807, 2.05) is 18.2 Å². The molecule has 1 fully saturated rings. The Hall–Kier alpha value is -2.57. The predicted molar refractivity (Wildman–Crippen MR) is 68.1 cm³/mol. The first-order valence-corrected chi connectivity index (χ1v) is 5.93. The van der Waals surface area contributed by atoms with Crippen molar-refractivity contribution in [1.82, 2.24) is 20.5 Å². The van der Waals surface area contributed by atoms with E-state index < -0.39 is 12.1 Å². The van der Waals surface area contributed by atoms with Gasteiger partial charge in [0.25, 0.3) is 5.91 Å². The topological polar surface area (TPSA) is 102 Å². The SMILES string of the molecule is Nn1cc(C2=CCC([C@@H]3NC(=O)NC3=O)C=C2)cn1. The summed E-state index contributed by atoms with van der Waals surface area (Å²) in [4.78, 5) is 23.9. The van der Waals surface area contributed by atoms with Crippen molar-refractivity contribution in [1.29, 1.82) is 0 Å². The fourth-order valence-corrected chi connectivity index (χ4v) is 2.32. The molecule has 2 heterocycles. The summed E-state index contributed by atoms with van der Waals surface area (Å²) in [6.45, 7) is 0. The van der Waals surface area contributed by atoms with Crippen LogP contribution in [0.4, 0.5) is 4.79 Å². The highest BCUT2D eigenvalue weighted by Gasteiger charge is 2.35. The summed E-state index contributed by atoms with van der Waals surface area (Å²) in [5.41, 5.74) is 1.94. The summed E-state index contributed by atoms with van der Waals surface area (Å²) in [6.07, 6.45) is 9.95. The minimum atomic E-state index is -0.487. The van der Waals surface area contributed by atoms with Gasteiger partial charge in [0.1, 0.15) is 6.04 Å². The standard InChI is InChI=1S/C12H13N5O2/c13-17-6-9(5-14-17)7-1-3-8(4-2-7)10-11(18)16-12(19)15-10/h1-3,5-6,8,10H,4,13H2,(H2,15,16,18,19)/t8?,10-/m0/s1. The molecule has 98 valence electrons. The van der Waals surface area contributed by atoms with E-state index in [1.165, 1.54) is 4.79 Å². The molecule has 1 unspecified atom stereocenters. The van der Waals surface area contributed by atoms with Crippen LogP contribution in [0.3, 0.4) is 0 Å². The maximum absolute atomic E-state index is 11.6. The number of nitrogens with one attached hydrogen (secondary N) is 2. The monoisotopic (exact) mass is 259 g/mol. The van der Waals surface area contributed by atoms with Gasteiger partial charge in [-0.2, -0.15) is 9.89 Å². The van der Waals surface area contributed by atoms with Crippen LogP contribution in [0.25, 0.3) is 5.57 Å². The lowest BCUT2D eigenvalue weighted by Gasteiger charge is -2.19. The van der Waals surface area contributed by atoms with Crippen molar-refractivity contribution in [2.45, 2.75) is 12.5 Å². The molecule has 2 aliphatic rings. The Kier molecular flexibility index (Phi) is 2.59. The van der Waals surface area contributed by atoms with Gasteiger partial charge in [0.05, 0.1) is 12.4 Å². The highest BCUT2D eigenvalue weighted by molar-refractivity contribution is 6.04. The fourth-order valence-electron chi connectivity index (χ4n) is 2.32. The summed E-state index contributed by atoms with van der Waals surface area (Å²) in [5, 5.41) is 8.76. The van der Waals surface area contributed by atoms with Gasteiger partial charge in [-0.25, -0.2) is 4.79 Å². The molecule has 19 heavy (non-hydrogen) atoms. The Bertz CT molecular complexity index is 601. The number of rotatable bonds is 2. The number of aromatic nitrogens is 2. The molecule has 0 spiro atoms. The Morgan fingerprint density at radius 2 is 2.26 bits per heavy atom. The molecule has 1 aliphatic heterocycles. The normalized spacial score (nSPS) is 26.0. The maximum Gasteiger partial charge on any atom is 0.322 e. The van der Waals surface area contributed by atoms with Gasteiger partial charge in [-0.3, -0.25) is 10.1 Å². The summed E-state index contributed by atoms with van der Waals surface area (Å²) < 4.78 is 0. The van der Waals surface area contributed by atoms with E-state index in [1.54, 1.807) is 12.4 Å². The second-order valence-electron chi connectivity index (χ2n) is 4.57. The van der Waals surface area contributed by atoms with Gasteiger partial charge in [0.2, 0.25) is 0 Å². The second-order valence-corrected chi connectivity index (χ2v) is 4.57. The van der Waals surface area contributed by atoms with Crippen LogP contribution in [0.15, 0.2) is 30.6 Å². The van der Waals surface area contributed by atoms with Crippen LogP contribution in [0.1, 0.15) is 12.0 Å². The Morgan fingerprint density at radius 3 is 2.79 bits per heavy atom. The third-order valence-electron chi connectivity index (χ3n) is 3.30. The molecule has 0 aromatic carbocycles. The van der Waals surface area contributed by atoms with E-state index in [-0.39, 0.29) is 11.8 Å². The molecule has 4 N–H and O–H groups in total. The van der Waals surface area contributed by atoms with Crippen molar-refractivity contribution in [3.05, 3.63) is 36.2 Å². The molecular weight excluding hydrogens is 246 g/mol. The van der Waals surface area contributed by atoms with Gasteiger partial charge < -0.3 is 11.2 Å². The van der Waals surface area contributed by atoms with Crippen LogP contribution < -0.4 is 16.5 Å². The van der Waals surface area contributed by atoms with Crippen LogP contribution in [0, 0.1) is 5.92 Å². The molecule has 7 heteroatoms. The highest BCUT2D eigenvalue weighted by atomic mass is 16.2. The first-order chi connectivity index (χ1) is 9.13. The quantitative estimate of drug-likeness (QED) is 0.504. The molecule has 7 nitrogen and oxygen atoms in total. The van der Waals surface area contributed by atoms with Crippen molar-refractivity contribution in [2.75, 3.05) is 5.84 Å². The van der Waals surface area contributed by atoms with Crippen molar-refractivity contribution < 1.29 is 9.59 Å². The van der Waals surface area contributed by atoms with Crippen LogP contribution in [-0.4, -0.2) is 27.9 Å². The van der Waals surface area contributed by atoms with Crippen molar-refractivity contribution >= 4 is 17.5 Å². The average molecular weight is 259 g/mol. The first-order valence-electron chi connectivity index (χ1n) is 5.93. The van der Waals surface area contributed by atoms with Crippen LogP contribution in [0.5, 0.6) is 0 Å². The number of amides is 3. The molecule has 0 saturated carbocycles. The summed E-state index contributed by atoms with van der Waals surface area (Å²) in [5.74, 6) is 5.20. The van der Waals surface area contributed by atoms with Crippen LogP contribution >= 0.6 is 0 Å². The van der Waals surface area contributed by atoms with Gasteiger partial charge >= 0.3 is 6.03 Å². The van der Waals surface area contributed by atoms with Crippen LogP contribution in [-0.2, 0) is 4.79 Å². The van der Waals surface area contributed by atoms with Crippen LogP contribution in [0.2, 0.25) is 0 Å². The summed E-state index contributed by atoms with van der Waals surface area (Å²) >= 11 is 0. The Balaban J connectivity index is 1.73. The number of nitrogen functional groups attached to an aromatic ring is 1. The Labute approximate surface area is 109 Å². The number of allylic oxidation sites excluding steroid dienone is 3. The zero-order valence-corrected chi connectivity index (χ0v) is 10.0. The molecule has 1 aromatic heterocycles. The summed E-state index contributed by atoms with van der Waals surface area (Å²) in [7, 11) is 0. The van der Waals surface area contributed by atoms with Gasteiger partial charge in [-0.15, -0.1) is 0 Å². The van der Waals surface area contributed by atoms with E-state index in [9.17, 15) is 9.59 Å². The molecule has 2 atom stereocenters. The van der Waals surface area contributed by atoms with Gasteiger partial charge in [-0.05, 0) is 12.0 Å². The molecule has 1 saturated heterocycles. The smallest absolute Gasteiger partial charge is 0.322 e. The molecule has 1 aliphatic carbocycles. The van der Waals surface area contributed by atoms with Crippen molar-refractivity contribution in [2.24, 2.45) is 5.92 Å². The summed E-state index contributed by atoms with van der Waals surface area (Å²) in [6, 6.07) is -0.915. The average Bonchev–Trinajstić information content (AvgIpc) is 2.96. The van der Waals surface area contributed by atoms with E-state index in [4.69, 9.17) is 5.84 Å². The number of urea groups is 1. The molecule has 1 aromatic rings. The maximum atomic E-state index is 11.6. The fraction of sp³-hybridized carbons (Fsp3) is 0.250. The van der Waals surface area contributed by atoms with Crippen molar-refractivity contribution in [3.63, 3.8) is 0 Å². The molecule has 0 radical (unpaired) electrons. The number of imide groups is 1. The molecule has 0 bridgehead atoms. The predicted octanol–water partition coefficient (Wildman–Crippen LogP) is -0.236. The number of hydrogen-bond donors (Lipinski definition) is 3. The van der Waals surface area contributed by atoms with Gasteiger partial charge in [0.15, 0.2) is 0 Å². The third kappa shape index (κ3) is 2.10. The molecule has 3 amide bonds. The van der Waals surface area contributed by atoms with E-state index in [0.29, 0.717) is 6.42 Å².